The third kappa shape index (κ3) is 7.35. The van der Waals surface area contributed by atoms with Gasteiger partial charge in [0.05, 0.1) is 12.1 Å². The van der Waals surface area contributed by atoms with Gasteiger partial charge in [0.1, 0.15) is 11.6 Å². The van der Waals surface area contributed by atoms with Gasteiger partial charge in [0.25, 0.3) is 5.91 Å². The average molecular weight is 415 g/mol. The van der Waals surface area contributed by atoms with Crippen molar-refractivity contribution in [3.05, 3.63) is 40.9 Å². The molecule has 0 unspecified atom stereocenters. The van der Waals surface area contributed by atoms with Gasteiger partial charge in [-0.3, -0.25) is 14.9 Å². The molecule has 0 aliphatic heterocycles. The van der Waals surface area contributed by atoms with E-state index in [9.17, 15) is 27.6 Å². The first-order valence-electron chi connectivity index (χ1n) is 7.94. The lowest BCUT2D eigenvalue weighted by molar-refractivity contribution is -0.147. The third-order valence-corrected chi connectivity index (χ3v) is 4.18. The number of aryl methyl sites for hydroxylation is 1. The molecule has 1 heterocycles. The van der Waals surface area contributed by atoms with Crippen LogP contribution < -0.4 is 10.6 Å². The molecule has 0 bridgehead atoms. The molecule has 1 aromatic carbocycles. The number of thiazole rings is 1. The highest BCUT2D eigenvalue weighted by Gasteiger charge is 2.28. The number of rotatable bonds is 6. The molecule has 2 aromatic rings. The summed E-state index contributed by atoms with van der Waals surface area (Å²) in [5.74, 6) is -1.81. The molecule has 2 rings (SSSR count). The van der Waals surface area contributed by atoms with Crippen molar-refractivity contribution in [3.8, 4) is 10.6 Å². The second kappa shape index (κ2) is 9.31. The van der Waals surface area contributed by atoms with E-state index in [0.717, 1.165) is 16.1 Å². The summed E-state index contributed by atoms with van der Waals surface area (Å²) in [7, 11) is 0. The molecule has 11 heteroatoms. The second-order valence-electron chi connectivity index (χ2n) is 5.69. The van der Waals surface area contributed by atoms with Crippen molar-refractivity contribution in [2.75, 3.05) is 13.2 Å². The number of carbonyl (C=O) groups is 3. The van der Waals surface area contributed by atoms with Crippen molar-refractivity contribution in [3.63, 3.8) is 0 Å². The highest BCUT2D eigenvalue weighted by Crippen LogP contribution is 2.24. The van der Waals surface area contributed by atoms with Crippen LogP contribution >= 0.6 is 11.3 Å². The van der Waals surface area contributed by atoms with Gasteiger partial charge >= 0.3 is 18.2 Å². The maximum absolute atomic E-state index is 11.9. The number of carbonyl (C=O) groups excluding carboxylic acids is 3. The largest absolute Gasteiger partial charge is 0.455 e. The molecule has 7 nitrogen and oxygen atoms in total. The lowest BCUT2D eigenvalue weighted by Crippen LogP contribution is -2.44. The highest BCUT2D eigenvalue weighted by atomic mass is 32.1. The Hall–Kier alpha value is -2.95. The Balaban J connectivity index is 1.76. The molecule has 150 valence electrons. The van der Waals surface area contributed by atoms with E-state index in [4.69, 9.17) is 4.74 Å². The van der Waals surface area contributed by atoms with Crippen molar-refractivity contribution in [2.45, 2.75) is 19.5 Å². The van der Waals surface area contributed by atoms with Gasteiger partial charge in [-0.15, -0.1) is 11.3 Å². The number of nitrogens with one attached hydrogen (secondary N) is 2. The second-order valence-corrected chi connectivity index (χ2v) is 6.55. The molecule has 0 aliphatic rings. The first-order valence-corrected chi connectivity index (χ1v) is 8.82. The fraction of sp³-hybridized carbons (Fsp3) is 0.294. The van der Waals surface area contributed by atoms with Gasteiger partial charge in [0.2, 0.25) is 0 Å². The Morgan fingerprint density at radius 1 is 1.18 bits per heavy atom. The minimum absolute atomic E-state index is 0.185. The summed E-state index contributed by atoms with van der Waals surface area (Å²) in [6.07, 6.45) is -4.78. The Morgan fingerprint density at radius 2 is 1.86 bits per heavy atom. The summed E-state index contributed by atoms with van der Waals surface area (Å²) in [5.41, 5.74) is 2.46. The van der Waals surface area contributed by atoms with E-state index in [1.54, 1.807) is 10.7 Å². The molecule has 28 heavy (non-hydrogen) atoms. The zero-order chi connectivity index (χ0) is 20.7. The number of halogens is 3. The van der Waals surface area contributed by atoms with Crippen molar-refractivity contribution < 1.29 is 32.3 Å². The number of benzene rings is 1. The number of esters is 1. The van der Waals surface area contributed by atoms with E-state index in [2.05, 4.69) is 4.98 Å². The monoisotopic (exact) mass is 415 g/mol. The van der Waals surface area contributed by atoms with E-state index in [1.807, 2.05) is 31.2 Å². The number of amides is 3. The quantitative estimate of drug-likeness (QED) is 0.707. The molecular weight excluding hydrogens is 399 g/mol. The molecule has 3 amide bonds. The zero-order valence-corrected chi connectivity index (χ0v) is 15.4. The Morgan fingerprint density at radius 3 is 2.50 bits per heavy atom. The lowest BCUT2D eigenvalue weighted by Gasteiger charge is -2.09. The molecular formula is C17H16F3N3O4S. The number of hydrogen-bond donors (Lipinski definition) is 2. The normalized spacial score (nSPS) is 11.0. The van der Waals surface area contributed by atoms with Gasteiger partial charge in [-0.25, -0.2) is 9.78 Å². The summed E-state index contributed by atoms with van der Waals surface area (Å²) in [5, 5.41) is 5.49. The minimum Gasteiger partial charge on any atom is -0.455 e. The number of hydrogen-bond acceptors (Lipinski definition) is 6. The molecule has 0 radical (unpaired) electrons. The summed E-state index contributed by atoms with van der Waals surface area (Å²) < 4.78 is 40.5. The topological polar surface area (TPSA) is 97.4 Å². The summed E-state index contributed by atoms with van der Waals surface area (Å²) in [6, 6.07) is 6.36. The van der Waals surface area contributed by atoms with Crippen LogP contribution in [0.3, 0.4) is 0 Å². The molecule has 0 spiro atoms. The number of ether oxygens (including phenoxy) is 1. The van der Waals surface area contributed by atoms with Crippen LogP contribution in [0.25, 0.3) is 10.6 Å². The van der Waals surface area contributed by atoms with Gasteiger partial charge in [-0.05, 0) is 6.92 Å². The summed E-state index contributed by atoms with van der Waals surface area (Å²) in [4.78, 5) is 38.6. The van der Waals surface area contributed by atoms with Crippen LogP contribution in [0, 0.1) is 6.92 Å². The van der Waals surface area contributed by atoms with Crippen LogP contribution in [0.1, 0.15) is 11.3 Å². The number of nitrogens with zero attached hydrogens (tertiary/aromatic N) is 1. The van der Waals surface area contributed by atoms with Crippen LogP contribution in [-0.2, 0) is 20.7 Å². The fourth-order valence-corrected chi connectivity index (χ4v) is 2.78. The van der Waals surface area contributed by atoms with Gasteiger partial charge < -0.3 is 10.1 Å². The number of aromatic nitrogens is 1. The maximum Gasteiger partial charge on any atom is 0.405 e. The van der Waals surface area contributed by atoms with Gasteiger partial charge in [-0.1, -0.05) is 29.8 Å². The van der Waals surface area contributed by atoms with E-state index in [1.165, 1.54) is 16.7 Å². The molecule has 1 aromatic heterocycles. The Labute approximate surface area is 161 Å². The molecule has 0 saturated heterocycles. The highest BCUT2D eigenvalue weighted by molar-refractivity contribution is 7.13. The smallest absolute Gasteiger partial charge is 0.405 e. The van der Waals surface area contributed by atoms with Crippen molar-refractivity contribution >= 4 is 29.2 Å². The Kier molecular flexibility index (Phi) is 7.10. The van der Waals surface area contributed by atoms with Gasteiger partial charge in [0, 0.05) is 10.9 Å². The summed E-state index contributed by atoms with van der Waals surface area (Å²) in [6.45, 7) is -0.421. The lowest BCUT2D eigenvalue weighted by atomic mass is 10.2. The van der Waals surface area contributed by atoms with E-state index < -0.39 is 37.2 Å². The van der Waals surface area contributed by atoms with Gasteiger partial charge in [0.15, 0.2) is 6.61 Å². The van der Waals surface area contributed by atoms with Crippen molar-refractivity contribution in [2.24, 2.45) is 0 Å². The third-order valence-electron chi connectivity index (χ3n) is 3.24. The zero-order valence-electron chi connectivity index (χ0n) is 14.6. The fourth-order valence-electron chi connectivity index (χ4n) is 1.95. The first-order chi connectivity index (χ1) is 13.1. The maximum atomic E-state index is 11.9. The van der Waals surface area contributed by atoms with E-state index in [-0.39, 0.29) is 6.42 Å². The Bertz CT molecular complexity index is 850. The predicted molar refractivity (Wildman–Crippen MR) is 94.5 cm³/mol. The van der Waals surface area contributed by atoms with Crippen molar-refractivity contribution in [1.82, 2.24) is 15.6 Å². The summed E-state index contributed by atoms with van der Waals surface area (Å²) >= 11 is 1.35. The number of alkyl halides is 3. The standard InChI is InChI=1S/C17H16F3N3O4S/c1-10-2-4-11(5-3-10)15-22-12(8-28-15)6-14(25)27-7-13(24)23-16(26)21-9-17(18,19)20/h2-5,8H,6-7,9H2,1H3,(H2,21,23,24,26). The van der Waals surface area contributed by atoms with Crippen LogP contribution in [0.4, 0.5) is 18.0 Å². The van der Waals surface area contributed by atoms with Crippen LogP contribution in [0.5, 0.6) is 0 Å². The van der Waals surface area contributed by atoms with Crippen LogP contribution in [-0.4, -0.2) is 42.2 Å². The molecule has 0 saturated carbocycles. The SMILES string of the molecule is Cc1ccc(-c2nc(CC(=O)OCC(=O)NC(=O)NCC(F)(F)F)cs2)cc1. The average Bonchev–Trinajstić information content (AvgIpc) is 3.06. The molecule has 0 aliphatic carbocycles. The minimum atomic E-state index is -4.60. The number of imide groups is 1. The van der Waals surface area contributed by atoms with E-state index in [0.29, 0.717) is 5.69 Å². The molecule has 0 fully saturated rings. The van der Waals surface area contributed by atoms with Gasteiger partial charge in [-0.2, -0.15) is 13.2 Å². The number of urea groups is 1. The van der Waals surface area contributed by atoms with Crippen LogP contribution in [0.2, 0.25) is 0 Å². The molecule has 0 atom stereocenters. The predicted octanol–water partition coefficient (Wildman–Crippen LogP) is 2.59. The molecule has 2 N–H and O–H groups in total. The van der Waals surface area contributed by atoms with Crippen molar-refractivity contribution in [1.29, 1.82) is 0 Å². The first kappa shape index (κ1) is 21.4. The van der Waals surface area contributed by atoms with Crippen LogP contribution in [0.15, 0.2) is 29.6 Å². The van der Waals surface area contributed by atoms with E-state index >= 15 is 0 Å².